The van der Waals surface area contributed by atoms with E-state index in [0.717, 1.165) is 5.56 Å². The summed E-state index contributed by atoms with van der Waals surface area (Å²) in [6.07, 6.45) is 6.35. The van der Waals surface area contributed by atoms with Gasteiger partial charge in [-0.25, -0.2) is 4.21 Å². The SMILES string of the molecule is ClCc1ccncc1Cl.O=S(Cl)Cl.OCc1ccncc1Cl. The smallest absolute Gasteiger partial charge is 0.211 e. The van der Waals surface area contributed by atoms with Gasteiger partial charge >= 0.3 is 0 Å². The van der Waals surface area contributed by atoms with Crippen LogP contribution in [0.5, 0.6) is 0 Å². The molecule has 0 radical (unpaired) electrons. The van der Waals surface area contributed by atoms with Gasteiger partial charge in [-0.1, -0.05) is 23.2 Å². The van der Waals surface area contributed by atoms with Gasteiger partial charge in [0.2, 0.25) is 9.23 Å². The lowest BCUT2D eigenvalue weighted by atomic mass is 10.3. The lowest BCUT2D eigenvalue weighted by molar-refractivity contribution is 0.282. The van der Waals surface area contributed by atoms with Crippen molar-refractivity contribution in [3.63, 3.8) is 0 Å². The third-order valence-electron chi connectivity index (χ3n) is 2.03. The Hall–Kier alpha value is -0.140. The minimum Gasteiger partial charge on any atom is -0.392 e. The molecule has 122 valence electrons. The maximum absolute atomic E-state index is 9.09. The molecule has 0 bridgehead atoms. The minimum absolute atomic E-state index is 0.0264. The Morgan fingerprint density at radius 1 is 1.00 bits per heavy atom. The topological polar surface area (TPSA) is 63.1 Å². The molecule has 0 fully saturated rings. The molecule has 1 N–H and O–H groups in total. The molecule has 0 aliphatic rings. The number of aliphatic hydroxyl groups excluding tert-OH is 1. The molecular formula is C12H11Cl5N2O2S. The van der Waals surface area contributed by atoms with Gasteiger partial charge in [0.1, 0.15) is 0 Å². The van der Waals surface area contributed by atoms with Crippen LogP contribution < -0.4 is 0 Å². The Balaban J connectivity index is 0.000000326. The third-order valence-corrected chi connectivity index (χ3v) is 3.00. The molecule has 2 aromatic rings. The zero-order valence-electron chi connectivity index (χ0n) is 10.9. The van der Waals surface area contributed by atoms with Crippen LogP contribution in [0.2, 0.25) is 10.0 Å². The summed E-state index contributed by atoms with van der Waals surface area (Å²) >= 11 is 16.8. The zero-order chi connectivity index (χ0) is 17.0. The first-order valence-electron chi connectivity index (χ1n) is 5.50. The second-order valence-electron chi connectivity index (χ2n) is 3.41. The van der Waals surface area contributed by atoms with Gasteiger partial charge in [-0.15, -0.1) is 11.6 Å². The van der Waals surface area contributed by atoms with Crippen molar-refractivity contribution in [2.24, 2.45) is 0 Å². The first-order chi connectivity index (χ1) is 10.4. The first kappa shape index (κ1) is 21.9. The summed E-state index contributed by atoms with van der Waals surface area (Å²) in [5.41, 5.74) is 1.64. The maximum Gasteiger partial charge on any atom is 0.211 e. The molecule has 0 aliphatic carbocycles. The maximum atomic E-state index is 9.09. The van der Waals surface area contributed by atoms with E-state index in [0.29, 0.717) is 21.5 Å². The monoisotopic (exact) mass is 422 g/mol. The van der Waals surface area contributed by atoms with Crippen LogP contribution in [0.1, 0.15) is 11.1 Å². The van der Waals surface area contributed by atoms with Gasteiger partial charge in [0, 0.05) is 52.0 Å². The number of aromatic nitrogens is 2. The first-order valence-corrected chi connectivity index (χ1v) is 9.59. The minimum atomic E-state index is -1.67. The van der Waals surface area contributed by atoms with Gasteiger partial charge in [0.15, 0.2) is 0 Å². The average molecular weight is 425 g/mol. The van der Waals surface area contributed by atoms with Crippen LogP contribution in [0, 0.1) is 0 Å². The zero-order valence-corrected chi connectivity index (χ0v) is 15.5. The summed E-state index contributed by atoms with van der Waals surface area (Å²) in [4.78, 5) is 7.55. The van der Waals surface area contributed by atoms with E-state index in [1.807, 2.05) is 0 Å². The molecule has 0 unspecified atom stereocenters. The van der Waals surface area contributed by atoms with Crippen LogP contribution in [0.25, 0.3) is 0 Å². The predicted molar refractivity (Wildman–Crippen MR) is 93.8 cm³/mol. The fraction of sp³-hybridized carbons (Fsp3) is 0.167. The van der Waals surface area contributed by atoms with Crippen molar-refractivity contribution >= 4 is 65.4 Å². The number of nitrogens with zero attached hydrogens (tertiary/aromatic N) is 2. The molecule has 2 heterocycles. The number of hydrogen-bond acceptors (Lipinski definition) is 4. The van der Waals surface area contributed by atoms with E-state index in [2.05, 4.69) is 31.3 Å². The second-order valence-corrected chi connectivity index (χ2v) is 7.02. The number of rotatable bonds is 2. The summed E-state index contributed by atoms with van der Waals surface area (Å²) in [6.45, 7) is -0.0264. The summed E-state index contributed by atoms with van der Waals surface area (Å²) in [5.74, 6) is 0.446. The van der Waals surface area contributed by atoms with E-state index >= 15 is 0 Å². The molecule has 2 rings (SSSR count). The highest BCUT2D eigenvalue weighted by atomic mass is 36.0. The van der Waals surface area contributed by atoms with Crippen molar-refractivity contribution in [1.29, 1.82) is 0 Å². The van der Waals surface area contributed by atoms with Crippen LogP contribution in [0.4, 0.5) is 0 Å². The molecule has 22 heavy (non-hydrogen) atoms. The molecule has 0 aromatic carbocycles. The van der Waals surface area contributed by atoms with Gasteiger partial charge in [-0.2, -0.15) is 0 Å². The fourth-order valence-electron chi connectivity index (χ4n) is 1.04. The molecule has 0 saturated carbocycles. The molecule has 0 atom stereocenters. The quantitative estimate of drug-likeness (QED) is 0.558. The molecule has 0 aliphatic heterocycles. The number of alkyl halides is 1. The van der Waals surface area contributed by atoms with Gasteiger partial charge in [0.05, 0.1) is 16.7 Å². The van der Waals surface area contributed by atoms with Gasteiger partial charge < -0.3 is 5.11 Å². The number of hydrogen-bond donors (Lipinski definition) is 1. The van der Waals surface area contributed by atoms with Crippen LogP contribution >= 0.6 is 56.2 Å². The van der Waals surface area contributed by atoms with E-state index in [1.165, 1.54) is 6.20 Å². The van der Waals surface area contributed by atoms with Crippen LogP contribution in [0.15, 0.2) is 36.9 Å². The lowest BCUT2D eigenvalue weighted by Gasteiger charge is -1.94. The summed E-state index contributed by atoms with van der Waals surface area (Å²) in [6, 6.07) is 3.48. The summed E-state index contributed by atoms with van der Waals surface area (Å²) < 4.78 is 9.09. The second kappa shape index (κ2) is 13.3. The summed E-state index contributed by atoms with van der Waals surface area (Å²) in [5, 5.41) is 9.75. The highest BCUT2D eigenvalue weighted by Gasteiger charge is 1.94. The Kier molecular flexibility index (Phi) is 13.2. The van der Waals surface area contributed by atoms with Crippen molar-refractivity contribution in [3.8, 4) is 0 Å². The van der Waals surface area contributed by atoms with E-state index < -0.39 is 9.23 Å². The normalized spacial score (nSPS) is 9.41. The highest BCUT2D eigenvalue weighted by molar-refractivity contribution is 8.26. The van der Waals surface area contributed by atoms with Crippen molar-refractivity contribution in [3.05, 3.63) is 58.1 Å². The Morgan fingerprint density at radius 3 is 1.64 bits per heavy atom. The van der Waals surface area contributed by atoms with E-state index in [4.69, 9.17) is 44.1 Å². The predicted octanol–water partition coefficient (Wildman–Crippen LogP) is 4.74. The standard InChI is InChI=1S/C6H5Cl2N.C6H6ClNO.Cl2OS/c7-3-5-1-2-9-4-6(5)8;7-6-3-8-2-1-5(6)4-9;1-4(2)3/h1-2,4H,3H2;1-3,9H,4H2;. The van der Waals surface area contributed by atoms with Crippen molar-refractivity contribution in [1.82, 2.24) is 9.97 Å². The highest BCUT2D eigenvalue weighted by Crippen LogP contribution is 2.14. The van der Waals surface area contributed by atoms with Gasteiger partial charge in [0.25, 0.3) is 0 Å². The largest absolute Gasteiger partial charge is 0.392 e. The van der Waals surface area contributed by atoms with Crippen LogP contribution in [0.3, 0.4) is 0 Å². The lowest BCUT2D eigenvalue weighted by Crippen LogP contribution is -1.83. The molecule has 0 amide bonds. The van der Waals surface area contributed by atoms with Crippen molar-refractivity contribution in [2.75, 3.05) is 0 Å². The van der Waals surface area contributed by atoms with Crippen LogP contribution in [-0.4, -0.2) is 19.3 Å². The fourth-order valence-corrected chi connectivity index (χ4v) is 1.71. The molecular weight excluding hydrogens is 413 g/mol. The van der Waals surface area contributed by atoms with E-state index in [9.17, 15) is 0 Å². The molecule has 2 aromatic heterocycles. The Bertz CT molecular complexity index is 539. The van der Waals surface area contributed by atoms with E-state index in [-0.39, 0.29) is 6.61 Å². The van der Waals surface area contributed by atoms with Gasteiger partial charge in [-0.05, 0) is 23.3 Å². The number of aliphatic hydroxyl groups is 1. The molecule has 10 heteroatoms. The van der Waals surface area contributed by atoms with Gasteiger partial charge in [-0.3, -0.25) is 9.97 Å². The molecule has 0 spiro atoms. The number of pyridine rings is 2. The number of halogens is 5. The Morgan fingerprint density at radius 2 is 1.41 bits per heavy atom. The molecule has 4 nitrogen and oxygen atoms in total. The van der Waals surface area contributed by atoms with Crippen LogP contribution in [-0.2, 0) is 21.7 Å². The third kappa shape index (κ3) is 10.6. The average Bonchev–Trinajstić information content (AvgIpc) is 2.48. The van der Waals surface area contributed by atoms with E-state index in [1.54, 1.807) is 30.7 Å². The summed E-state index contributed by atoms with van der Waals surface area (Å²) in [7, 11) is 7.36. The molecule has 0 saturated heterocycles. The Labute approximate surface area is 154 Å². The van der Waals surface area contributed by atoms with Crippen molar-refractivity contribution in [2.45, 2.75) is 12.5 Å². The van der Waals surface area contributed by atoms with Crippen molar-refractivity contribution < 1.29 is 9.32 Å².